The third kappa shape index (κ3) is 3.45. The first kappa shape index (κ1) is 18.1. The van der Waals surface area contributed by atoms with E-state index in [2.05, 4.69) is 5.32 Å². The van der Waals surface area contributed by atoms with Crippen LogP contribution in [0.5, 0.6) is 0 Å². The highest BCUT2D eigenvalue weighted by Crippen LogP contribution is 2.59. The van der Waals surface area contributed by atoms with Crippen molar-refractivity contribution in [3.05, 3.63) is 33.8 Å². The van der Waals surface area contributed by atoms with Gasteiger partial charge in [0.2, 0.25) is 5.91 Å². The van der Waals surface area contributed by atoms with E-state index in [0.29, 0.717) is 41.8 Å². The minimum absolute atomic E-state index is 0.0808. The quantitative estimate of drug-likeness (QED) is 0.837. The number of hydrogen-bond donors (Lipinski definition) is 1. The highest BCUT2D eigenvalue weighted by atomic mass is 35.5. The Morgan fingerprint density at radius 1 is 0.962 bits per heavy atom. The third-order valence-corrected chi connectivity index (χ3v) is 6.51. The molecule has 0 aromatic heterocycles. The maximum absolute atomic E-state index is 12.8. The fourth-order valence-electron chi connectivity index (χ4n) is 4.38. The minimum Gasteiger partial charge on any atom is -0.339 e. The molecule has 2 saturated heterocycles. The van der Waals surface area contributed by atoms with Gasteiger partial charge in [-0.3, -0.25) is 9.59 Å². The van der Waals surface area contributed by atoms with E-state index >= 15 is 0 Å². The van der Waals surface area contributed by atoms with Gasteiger partial charge in [-0.15, -0.1) is 0 Å². The van der Waals surface area contributed by atoms with E-state index in [0.717, 1.165) is 32.4 Å². The number of benzene rings is 1. The second-order valence-corrected chi connectivity index (χ2v) is 8.52. The van der Waals surface area contributed by atoms with Gasteiger partial charge in [0, 0.05) is 47.7 Å². The van der Waals surface area contributed by atoms with Crippen molar-refractivity contribution in [1.82, 2.24) is 15.1 Å². The molecule has 1 aromatic rings. The Hall–Kier alpha value is -1.30. The van der Waals surface area contributed by atoms with Gasteiger partial charge in [0.15, 0.2) is 0 Å². The van der Waals surface area contributed by atoms with Gasteiger partial charge in [-0.2, -0.15) is 0 Å². The van der Waals surface area contributed by atoms with Gasteiger partial charge in [0.1, 0.15) is 0 Å². The molecule has 2 heterocycles. The first-order valence-corrected chi connectivity index (χ1v) is 9.99. The summed E-state index contributed by atoms with van der Waals surface area (Å²) in [4.78, 5) is 29.2. The molecule has 4 rings (SSSR count). The smallest absolute Gasteiger partial charge is 0.254 e. The Morgan fingerprint density at radius 2 is 1.54 bits per heavy atom. The molecule has 1 aromatic carbocycles. The van der Waals surface area contributed by atoms with Crippen LogP contribution in [0.1, 0.15) is 29.6 Å². The normalized spacial score (nSPS) is 24.6. The molecular formula is C19H23Cl2N3O2. The lowest BCUT2D eigenvalue weighted by atomic mass is 9.91. The molecule has 0 bridgehead atoms. The summed E-state index contributed by atoms with van der Waals surface area (Å²) in [5.41, 5.74) is 0.755. The second kappa shape index (κ2) is 7.02. The van der Waals surface area contributed by atoms with Crippen LogP contribution in [-0.4, -0.2) is 60.9 Å². The average molecular weight is 396 g/mol. The lowest BCUT2D eigenvalue weighted by molar-refractivity contribution is -0.135. The monoisotopic (exact) mass is 395 g/mol. The van der Waals surface area contributed by atoms with Gasteiger partial charge < -0.3 is 15.1 Å². The summed E-state index contributed by atoms with van der Waals surface area (Å²) in [6.45, 7) is 4.35. The van der Waals surface area contributed by atoms with E-state index < -0.39 is 0 Å². The van der Waals surface area contributed by atoms with Crippen LogP contribution in [0, 0.1) is 11.3 Å². The molecule has 2 amide bonds. The van der Waals surface area contributed by atoms with Crippen molar-refractivity contribution in [2.75, 3.05) is 39.3 Å². The molecular weight excluding hydrogens is 373 g/mol. The third-order valence-electron chi connectivity index (χ3n) is 6.08. The number of hydrogen-bond acceptors (Lipinski definition) is 3. The molecule has 0 radical (unpaired) electrons. The van der Waals surface area contributed by atoms with Crippen LogP contribution in [0.2, 0.25) is 10.0 Å². The molecule has 3 aliphatic rings. The van der Waals surface area contributed by atoms with Gasteiger partial charge >= 0.3 is 0 Å². The van der Waals surface area contributed by atoms with Crippen LogP contribution in [0.4, 0.5) is 0 Å². The highest BCUT2D eigenvalue weighted by molar-refractivity contribution is 6.35. The van der Waals surface area contributed by atoms with Gasteiger partial charge in [-0.25, -0.2) is 0 Å². The molecule has 1 aliphatic carbocycles. The maximum atomic E-state index is 12.8. The summed E-state index contributed by atoms with van der Waals surface area (Å²) in [5, 5.41) is 4.28. The molecule has 1 atom stereocenters. The van der Waals surface area contributed by atoms with Crippen LogP contribution in [0.25, 0.3) is 0 Å². The van der Waals surface area contributed by atoms with E-state index in [1.54, 1.807) is 23.1 Å². The zero-order valence-electron chi connectivity index (χ0n) is 14.6. The van der Waals surface area contributed by atoms with E-state index in [1.807, 2.05) is 4.90 Å². The van der Waals surface area contributed by atoms with Gasteiger partial charge in [-0.05, 0) is 56.0 Å². The van der Waals surface area contributed by atoms with Crippen LogP contribution in [0.3, 0.4) is 0 Å². The lowest BCUT2D eigenvalue weighted by Gasteiger charge is -2.35. The van der Waals surface area contributed by atoms with Gasteiger partial charge in [0.25, 0.3) is 5.91 Å². The summed E-state index contributed by atoms with van der Waals surface area (Å²) >= 11 is 12.0. The summed E-state index contributed by atoms with van der Waals surface area (Å²) in [6, 6.07) is 4.89. The molecule has 1 unspecified atom stereocenters. The van der Waals surface area contributed by atoms with Crippen LogP contribution >= 0.6 is 23.2 Å². The number of carbonyl (C=O) groups excluding carboxylic acids is 2. The fraction of sp³-hybridized carbons (Fsp3) is 0.579. The zero-order valence-corrected chi connectivity index (χ0v) is 16.2. The van der Waals surface area contributed by atoms with Crippen molar-refractivity contribution >= 4 is 35.0 Å². The Kier molecular flexibility index (Phi) is 4.88. The van der Waals surface area contributed by atoms with Crippen molar-refractivity contribution in [2.45, 2.75) is 19.3 Å². The second-order valence-electron chi connectivity index (χ2n) is 7.64. The number of amides is 2. The highest BCUT2D eigenvalue weighted by Gasteiger charge is 2.58. The van der Waals surface area contributed by atoms with Crippen molar-refractivity contribution in [2.24, 2.45) is 11.3 Å². The lowest BCUT2D eigenvalue weighted by Crippen LogP contribution is -2.51. The van der Waals surface area contributed by atoms with E-state index in [4.69, 9.17) is 23.2 Å². The number of carbonyl (C=O) groups is 2. The molecule has 7 heteroatoms. The zero-order chi connectivity index (χ0) is 18.3. The average Bonchev–Trinajstić information content (AvgIpc) is 3.33. The number of rotatable bonds is 2. The predicted octanol–water partition coefficient (Wildman–Crippen LogP) is 2.67. The maximum Gasteiger partial charge on any atom is 0.254 e. The topological polar surface area (TPSA) is 52.7 Å². The van der Waals surface area contributed by atoms with Crippen molar-refractivity contribution in [3.63, 3.8) is 0 Å². The fourth-order valence-corrected chi connectivity index (χ4v) is 4.91. The standard InChI is InChI=1S/C19H23Cl2N3O2/c20-14-9-13(10-15(21)11-14)17(25)23-5-7-24(8-6-23)18(26)16-12-19(16)1-3-22-4-2-19/h9-11,16,22H,1-8,12H2. The van der Waals surface area contributed by atoms with E-state index in [9.17, 15) is 9.59 Å². The number of piperazine rings is 1. The summed E-state index contributed by atoms with van der Waals surface area (Å²) in [6.07, 6.45) is 3.25. The van der Waals surface area contributed by atoms with E-state index in [-0.39, 0.29) is 23.1 Å². The number of halogens is 2. The Labute approximate surface area is 163 Å². The molecule has 2 aliphatic heterocycles. The molecule has 26 heavy (non-hydrogen) atoms. The number of nitrogens with one attached hydrogen (secondary N) is 1. The number of nitrogens with zero attached hydrogens (tertiary/aromatic N) is 2. The molecule has 5 nitrogen and oxygen atoms in total. The van der Waals surface area contributed by atoms with Crippen molar-refractivity contribution in [3.8, 4) is 0 Å². The molecule has 1 N–H and O–H groups in total. The molecule has 1 spiro atoms. The van der Waals surface area contributed by atoms with E-state index in [1.165, 1.54) is 0 Å². The largest absolute Gasteiger partial charge is 0.339 e. The molecule has 1 saturated carbocycles. The summed E-state index contributed by atoms with van der Waals surface area (Å²) in [5.74, 6) is 0.395. The Bertz CT molecular complexity index is 705. The predicted molar refractivity (Wildman–Crippen MR) is 102 cm³/mol. The Balaban J connectivity index is 1.34. The van der Waals surface area contributed by atoms with Crippen LogP contribution < -0.4 is 5.32 Å². The van der Waals surface area contributed by atoms with Crippen LogP contribution in [0.15, 0.2) is 18.2 Å². The SMILES string of the molecule is O=C(c1cc(Cl)cc(Cl)c1)N1CCN(C(=O)C2CC23CCNCC3)CC1. The first-order valence-electron chi connectivity index (χ1n) is 9.23. The van der Waals surface area contributed by atoms with Gasteiger partial charge in [0.05, 0.1) is 0 Å². The molecule has 3 fully saturated rings. The Morgan fingerprint density at radius 3 is 2.15 bits per heavy atom. The van der Waals surface area contributed by atoms with Crippen molar-refractivity contribution < 1.29 is 9.59 Å². The summed E-state index contributed by atoms with van der Waals surface area (Å²) in [7, 11) is 0. The molecule has 140 valence electrons. The van der Waals surface area contributed by atoms with Crippen molar-refractivity contribution in [1.29, 1.82) is 0 Å². The minimum atomic E-state index is -0.0808. The first-order chi connectivity index (χ1) is 12.5. The summed E-state index contributed by atoms with van der Waals surface area (Å²) < 4.78 is 0. The van der Waals surface area contributed by atoms with Gasteiger partial charge in [-0.1, -0.05) is 23.2 Å². The van der Waals surface area contributed by atoms with Crippen LogP contribution in [-0.2, 0) is 4.79 Å². The number of piperidine rings is 1.